The van der Waals surface area contributed by atoms with Gasteiger partial charge in [-0.3, -0.25) is 4.79 Å². The molecule has 88 valence electrons. The minimum atomic E-state index is 0.597. The van der Waals surface area contributed by atoms with E-state index in [9.17, 15) is 4.79 Å². The second kappa shape index (κ2) is 6.16. The highest BCUT2D eigenvalue weighted by Gasteiger charge is 2.05. The second-order valence-corrected chi connectivity index (χ2v) is 4.06. The Balaban J connectivity index is 2.71. The van der Waals surface area contributed by atoms with E-state index in [2.05, 4.69) is 13.8 Å². The number of rotatable bonds is 6. The summed E-state index contributed by atoms with van der Waals surface area (Å²) in [6, 6.07) is 5.15. The third-order valence-corrected chi connectivity index (χ3v) is 2.28. The summed E-state index contributed by atoms with van der Waals surface area (Å²) in [4.78, 5) is 10.6. The van der Waals surface area contributed by atoms with E-state index in [1.165, 1.54) is 0 Å². The van der Waals surface area contributed by atoms with Gasteiger partial charge in [0, 0.05) is 5.56 Å². The lowest BCUT2D eigenvalue weighted by Crippen LogP contribution is -2.03. The van der Waals surface area contributed by atoms with Crippen LogP contribution in [0.15, 0.2) is 18.2 Å². The van der Waals surface area contributed by atoms with Crippen LogP contribution in [-0.4, -0.2) is 20.0 Å². The molecule has 0 aliphatic heterocycles. The highest BCUT2D eigenvalue weighted by molar-refractivity contribution is 5.76. The quantitative estimate of drug-likeness (QED) is 0.694. The van der Waals surface area contributed by atoms with Gasteiger partial charge in [-0.2, -0.15) is 0 Å². The summed E-state index contributed by atoms with van der Waals surface area (Å²) in [5.74, 6) is 1.89. The summed E-state index contributed by atoms with van der Waals surface area (Å²) >= 11 is 0. The third kappa shape index (κ3) is 3.57. The van der Waals surface area contributed by atoms with E-state index in [4.69, 9.17) is 9.47 Å². The first kappa shape index (κ1) is 12.6. The number of aldehydes is 1. The van der Waals surface area contributed by atoms with Crippen LogP contribution >= 0.6 is 0 Å². The smallest absolute Gasteiger partial charge is 0.161 e. The molecule has 0 aliphatic carbocycles. The monoisotopic (exact) mass is 222 g/mol. The van der Waals surface area contributed by atoms with E-state index in [0.29, 0.717) is 29.6 Å². The predicted octanol–water partition coefficient (Wildman–Crippen LogP) is 2.93. The fourth-order valence-electron chi connectivity index (χ4n) is 1.28. The molecule has 0 heterocycles. The van der Waals surface area contributed by atoms with Crippen LogP contribution in [0.3, 0.4) is 0 Å². The Bertz CT molecular complexity index is 345. The van der Waals surface area contributed by atoms with Crippen LogP contribution in [0.4, 0.5) is 0 Å². The van der Waals surface area contributed by atoms with E-state index in [-0.39, 0.29) is 0 Å². The molecule has 1 aromatic rings. The molecule has 0 bridgehead atoms. The number of ether oxygens (including phenoxy) is 2. The molecular weight excluding hydrogens is 204 g/mol. The van der Waals surface area contributed by atoms with Gasteiger partial charge in [-0.1, -0.05) is 13.8 Å². The maximum absolute atomic E-state index is 10.6. The molecule has 1 rings (SSSR count). The van der Waals surface area contributed by atoms with E-state index in [0.717, 1.165) is 12.7 Å². The lowest BCUT2D eigenvalue weighted by molar-refractivity contribution is 0.112. The highest BCUT2D eigenvalue weighted by Crippen LogP contribution is 2.27. The van der Waals surface area contributed by atoms with Crippen LogP contribution < -0.4 is 9.47 Å². The standard InChI is InChI=1S/C13H18O3/c1-10(2)6-7-16-13-8-11(9-14)4-5-12(13)15-3/h4-5,8-10H,6-7H2,1-3H3. The van der Waals surface area contributed by atoms with Crippen LogP contribution in [0.5, 0.6) is 11.5 Å². The van der Waals surface area contributed by atoms with Crippen molar-refractivity contribution < 1.29 is 14.3 Å². The fourth-order valence-corrected chi connectivity index (χ4v) is 1.28. The lowest BCUT2D eigenvalue weighted by Gasteiger charge is -2.11. The summed E-state index contributed by atoms with van der Waals surface area (Å²) in [6.45, 7) is 4.92. The lowest BCUT2D eigenvalue weighted by atomic mass is 10.1. The molecule has 0 N–H and O–H groups in total. The Morgan fingerprint density at radius 2 is 2.06 bits per heavy atom. The van der Waals surface area contributed by atoms with Crippen molar-refractivity contribution in [1.82, 2.24) is 0 Å². The zero-order chi connectivity index (χ0) is 12.0. The van der Waals surface area contributed by atoms with Crippen LogP contribution in [0.1, 0.15) is 30.6 Å². The number of carbonyl (C=O) groups excluding carboxylic acids is 1. The molecule has 0 atom stereocenters. The number of hydrogen-bond donors (Lipinski definition) is 0. The maximum Gasteiger partial charge on any atom is 0.161 e. The minimum Gasteiger partial charge on any atom is -0.493 e. The molecule has 0 saturated heterocycles. The van der Waals surface area contributed by atoms with Crippen molar-refractivity contribution >= 4 is 6.29 Å². The van der Waals surface area contributed by atoms with E-state index >= 15 is 0 Å². The first-order valence-electron chi connectivity index (χ1n) is 5.43. The molecule has 1 aromatic carbocycles. The van der Waals surface area contributed by atoms with Crippen LogP contribution in [0.2, 0.25) is 0 Å². The highest BCUT2D eigenvalue weighted by atomic mass is 16.5. The Labute approximate surface area is 96.4 Å². The zero-order valence-electron chi connectivity index (χ0n) is 10.0. The van der Waals surface area contributed by atoms with Gasteiger partial charge >= 0.3 is 0 Å². The van der Waals surface area contributed by atoms with Crippen molar-refractivity contribution in [2.75, 3.05) is 13.7 Å². The molecule has 3 nitrogen and oxygen atoms in total. The van der Waals surface area contributed by atoms with Crippen molar-refractivity contribution in [2.24, 2.45) is 5.92 Å². The van der Waals surface area contributed by atoms with Crippen molar-refractivity contribution in [1.29, 1.82) is 0 Å². The summed E-state index contributed by atoms with van der Waals surface area (Å²) in [5.41, 5.74) is 0.598. The van der Waals surface area contributed by atoms with Gasteiger partial charge in [0.1, 0.15) is 6.29 Å². The zero-order valence-corrected chi connectivity index (χ0v) is 10.0. The van der Waals surface area contributed by atoms with Gasteiger partial charge in [-0.25, -0.2) is 0 Å². The third-order valence-electron chi connectivity index (χ3n) is 2.28. The van der Waals surface area contributed by atoms with Crippen LogP contribution in [-0.2, 0) is 0 Å². The molecule has 16 heavy (non-hydrogen) atoms. The normalized spacial score (nSPS) is 10.2. The summed E-state index contributed by atoms with van der Waals surface area (Å²) in [6.07, 6.45) is 1.78. The van der Waals surface area contributed by atoms with E-state index < -0.39 is 0 Å². The Kier molecular flexibility index (Phi) is 4.83. The van der Waals surface area contributed by atoms with E-state index in [1.54, 1.807) is 25.3 Å². The van der Waals surface area contributed by atoms with Crippen molar-refractivity contribution in [2.45, 2.75) is 20.3 Å². The van der Waals surface area contributed by atoms with Gasteiger partial charge in [0.25, 0.3) is 0 Å². The first-order valence-corrected chi connectivity index (χ1v) is 5.43. The number of benzene rings is 1. The van der Waals surface area contributed by atoms with Gasteiger partial charge in [0.2, 0.25) is 0 Å². The molecule has 0 radical (unpaired) electrons. The summed E-state index contributed by atoms with van der Waals surface area (Å²) in [5, 5.41) is 0. The van der Waals surface area contributed by atoms with Crippen LogP contribution in [0.25, 0.3) is 0 Å². The van der Waals surface area contributed by atoms with Gasteiger partial charge in [0.15, 0.2) is 11.5 Å². The SMILES string of the molecule is COc1ccc(C=O)cc1OCCC(C)C. The average Bonchev–Trinajstić information content (AvgIpc) is 2.28. The second-order valence-electron chi connectivity index (χ2n) is 4.06. The first-order chi connectivity index (χ1) is 7.67. The fraction of sp³-hybridized carbons (Fsp3) is 0.462. The Morgan fingerprint density at radius 3 is 2.62 bits per heavy atom. The van der Waals surface area contributed by atoms with Gasteiger partial charge in [-0.05, 0) is 30.5 Å². The number of hydrogen-bond acceptors (Lipinski definition) is 3. The minimum absolute atomic E-state index is 0.597. The average molecular weight is 222 g/mol. The number of carbonyl (C=O) groups is 1. The Hall–Kier alpha value is -1.51. The molecule has 3 heteroatoms. The van der Waals surface area contributed by atoms with Crippen LogP contribution in [0, 0.1) is 5.92 Å². The molecule has 0 aromatic heterocycles. The van der Waals surface area contributed by atoms with Gasteiger partial charge in [-0.15, -0.1) is 0 Å². The Morgan fingerprint density at radius 1 is 1.31 bits per heavy atom. The molecule has 0 fully saturated rings. The molecule has 0 aliphatic rings. The molecule has 0 amide bonds. The van der Waals surface area contributed by atoms with Crippen molar-refractivity contribution in [3.63, 3.8) is 0 Å². The molecule has 0 unspecified atom stereocenters. The summed E-state index contributed by atoms with van der Waals surface area (Å²) in [7, 11) is 1.59. The van der Waals surface area contributed by atoms with Crippen molar-refractivity contribution in [3.8, 4) is 11.5 Å². The maximum atomic E-state index is 10.6. The predicted molar refractivity (Wildman–Crippen MR) is 63.3 cm³/mol. The number of methoxy groups -OCH3 is 1. The summed E-state index contributed by atoms with van der Waals surface area (Å²) < 4.78 is 10.8. The van der Waals surface area contributed by atoms with Gasteiger partial charge in [0.05, 0.1) is 13.7 Å². The topological polar surface area (TPSA) is 35.5 Å². The van der Waals surface area contributed by atoms with Crippen molar-refractivity contribution in [3.05, 3.63) is 23.8 Å². The molecule has 0 spiro atoms. The van der Waals surface area contributed by atoms with Gasteiger partial charge < -0.3 is 9.47 Å². The largest absolute Gasteiger partial charge is 0.493 e. The molecule has 0 saturated carbocycles. The van der Waals surface area contributed by atoms with E-state index in [1.807, 2.05) is 0 Å². The molecular formula is C13H18O3.